The number of hydrogen-bond acceptors (Lipinski definition) is 7. The fourth-order valence-electron chi connectivity index (χ4n) is 2.04. The minimum Gasteiger partial charge on any atom is -0.298 e. The number of nitrogens with one attached hydrogen (secondary N) is 2. The van der Waals surface area contributed by atoms with Crippen LogP contribution in [0.5, 0.6) is 0 Å². The Kier molecular flexibility index (Phi) is 5.49. The predicted molar refractivity (Wildman–Crippen MR) is 104 cm³/mol. The number of aryl methyl sites for hydroxylation is 2. The van der Waals surface area contributed by atoms with E-state index in [0.717, 1.165) is 21.9 Å². The molecule has 0 saturated carbocycles. The molecular formula is C17H15N5O2S2. The summed E-state index contributed by atoms with van der Waals surface area (Å²) >= 11 is 2.40. The Balaban J connectivity index is 1.64. The number of aromatic nitrogens is 3. The number of amides is 2. The molecule has 9 heteroatoms. The molecule has 0 saturated heterocycles. The van der Waals surface area contributed by atoms with Crippen molar-refractivity contribution < 1.29 is 9.59 Å². The molecule has 26 heavy (non-hydrogen) atoms. The van der Waals surface area contributed by atoms with Crippen molar-refractivity contribution >= 4 is 50.8 Å². The van der Waals surface area contributed by atoms with E-state index < -0.39 is 0 Å². The van der Waals surface area contributed by atoms with Crippen LogP contribution >= 0.6 is 22.7 Å². The lowest BCUT2D eigenvalue weighted by molar-refractivity contribution is -0.111. The summed E-state index contributed by atoms with van der Waals surface area (Å²) in [6.07, 6.45) is 3.14. The van der Waals surface area contributed by atoms with Crippen molar-refractivity contribution in [2.75, 3.05) is 10.6 Å². The van der Waals surface area contributed by atoms with Crippen molar-refractivity contribution in [1.29, 1.82) is 0 Å². The maximum atomic E-state index is 12.3. The summed E-state index contributed by atoms with van der Waals surface area (Å²) in [5, 5.41) is 14.6. The molecule has 7 nitrogen and oxygen atoms in total. The van der Waals surface area contributed by atoms with Crippen molar-refractivity contribution in [3.63, 3.8) is 0 Å². The van der Waals surface area contributed by atoms with Crippen LogP contribution in [0, 0.1) is 13.8 Å². The maximum Gasteiger partial charge on any atom is 0.269 e. The van der Waals surface area contributed by atoms with E-state index in [1.54, 1.807) is 13.0 Å². The third-order valence-corrected chi connectivity index (χ3v) is 5.03. The molecule has 2 aromatic heterocycles. The molecule has 0 bridgehead atoms. The molecule has 2 N–H and O–H groups in total. The summed E-state index contributed by atoms with van der Waals surface area (Å²) in [5.74, 6) is -0.634. The molecule has 3 aromatic rings. The van der Waals surface area contributed by atoms with Gasteiger partial charge in [0.15, 0.2) is 5.13 Å². The van der Waals surface area contributed by atoms with Crippen molar-refractivity contribution in [2.24, 2.45) is 0 Å². The van der Waals surface area contributed by atoms with Crippen LogP contribution in [0.15, 0.2) is 36.4 Å². The molecule has 132 valence electrons. The summed E-state index contributed by atoms with van der Waals surface area (Å²) in [4.78, 5) is 29.0. The summed E-state index contributed by atoms with van der Waals surface area (Å²) in [5.41, 5.74) is 1.46. The van der Waals surface area contributed by atoms with E-state index in [9.17, 15) is 9.59 Å². The molecule has 0 spiro atoms. The van der Waals surface area contributed by atoms with E-state index in [1.807, 2.05) is 37.3 Å². The second-order valence-electron chi connectivity index (χ2n) is 5.25. The molecule has 0 aliphatic rings. The quantitative estimate of drug-likeness (QED) is 0.655. The van der Waals surface area contributed by atoms with Gasteiger partial charge in [-0.15, -0.1) is 10.2 Å². The summed E-state index contributed by atoms with van der Waals surface area (Å²) in [7, 11) is 0. The summed E-state index contributed by atoms with van der Waals surface area (Å²) < 4.78 is 0. The molecule has 1 aromatic carbocycles. The van der Waals surface area contributed by atoms with Crippen molar-refractivity contribution in [2.45, 2.75) is 13.8 Å². The maximum absolute atomic E-state index is 12.3. The minimum atomic E-state index is -0.323. The first kappa shape index (κ1) is 17.9. The van der Waals surface area contributed by atoms with Crippen LogP contribution in [0.1, 0.15) is 25.9 Å². The van der Waals surface area contributed by atoms with Crippen LogP contribution in [-0.2, 0) is 4.79 Å². The standard InChI is InChI=1S/C17H15N5O2S2/c1-10-14(15(24)20-17-22-21-11(2)25-17)26-16(18-10)19-13(23)9-8-12-6-4-3-5-7-12/h3-9H,1-2H3,(H,18,19,23)(H,20,22,24). The number of hydrogen-bond donors (Lipinski definition) is 2. The second-order valence-corrected chi connectivity index (χ2v) is 7.43. The van der Waals surface area contributed by atoms with Gasteiger partial charge in [-0.2, -0.15) is 0 Å². The zero-order chi connectivity index (χ0) is 18.5. The Morgan fingerprint density at radius 3 is 2.46 bits per heavy atom. The van der Waals surface area contributed by atoms with Gasteiger partial charge in [0.1, 0.15) is 9.88 Å². The van der Waals surface area contributed by atoms with E-state index >= 15 is 0 Å². The van der Waals surface area contributed by atoms with E-state index in [4.69, 9.17) is 0 Å². The number of thiazole rings is 1. The number of nitrogens with zero attached hydrogens (tertiary/aromatic N) is 3. The lowest BCUT2D eigenvalue weighted by Crippen LogP contribution is -2.11. The molecule has 0 radical (unpaired) electrons. The number of rotatable bonds is 5. The molecule has 0 aliphatic heterocycles. The molecule has 0 fully saturated rings. The lowest BCUT2D eigenvalue weighted by Gasteiger charge is -1.98. The highest BCUT2D eigenvalue weighted by Crippen LogP contribution is 2.24. The molecule has 0 aliphatic carbocycles. The predicted octanol–water partition coefficient (Wildman–Crippen LogP) is 3.52. The van der Waals surface area contributed by atoms with E-state index in [2.05, 4.69) is 25.8 Å². The topological polar surface area (TPSA) is 96.9 Å². The zero-order valence-corrected chi connectivity index (χ0v) is 15.6. The monoisotopic (exact) mass is 385 g/mol. The van der Waals surface area contributed by atoms with Crippen LogP contribution in [0.25, 0.3) is 6.08 Å². The smallest absolute Gasteiger partial charge is 0.269 e. The van der Waals surface area contributed by atoms with Crippen molar-refractivity contribution in [3.8, 4) is 0 Å². The van der Waals surface area contributed by atoms with E-state index in [-0.39, 0.29) is 11.8 Å². The van der Waals surface area contributed by atoms with Crippen molar-refractivity contribution in [3.05, 3.63) is 57.6 Å². The third kappa shape index (κ3) is 4.58. The van der Waals surface area contributed by atoms with Gasteiger partial charge in [0.05, 0.1) is 5.69 Å². The Morgan fingerprint density at radius 1 is 1.00 bits per heavy atom. The molecule has 0 unspecified atom stereocenters. The molecule has 3 rings (SSSR count). The SMILES string of the molecule is Cc1nnc(NC(=O)c2sc(NC(=O)C=Cc3ccccc3)nc2C)s1. The normalized spacial score (nSPS) is 10.8. The van der Waals surface area contributed by atoms with Gasteiger partial charge in [0.25, 0.3) is 5.91 Å². The molecule has 2 amide bonds. The highest BCUT2D eigenvalue weighted by molar-refractivity contribution is 7.18. The zero-order valence-electron chi connectivity index (χ0n) is 14.0. The highest BCUT2D eigenvalue weighted by Gasteiger charge is 2.17. The van der Waals surface area contributed by atoms with E-state index in [0.29, 0.717) is 20.8 Å². The Hall–Kier alpha value is -2.91. The largest absolute Gasteiger partial charge is 0.298 e. The minimum absolute atomic E-state index is 0.311. The lowest BCUT2D eigenvalue weighted by atomic mass is 10.2. The highest BCUT2D eigenvalue weighted by atomic mass is 32.1. The van der Waals surface area contributed by atoms with Gasteiger partial charge in [-0.3, -0.25) is 20.2 Å². The van der Waals surface area contributed by atoms with Crippen LogP contribution in [-0.4, -0.2) is 27.0 Å². The Morgan fingerprint density at radius 2 is 1.77 bits per heavy atom. The molecule has 0 atom stereocenters. The average Bonchev–Trinajstić information content (AvgIpc) is 3.19. The fourth-order valence-corrected chi connectivity index (χ4v) is 3.50. The number of anilines is 2. The fraction of sp³-hybridized carbons (Fsp3) is 0.118. The summed E-state index contributed by atoms with van der Waals surface area (Å²) in [6, 6.07) is 9.49. The Labute approximate surface area is 157 Å². The van der Waals surface area contributed by atoms with Gasteiger partial charge < -0.3 is 0 Å². The summed E-state index contributed by atoms with van der Waals surface area (Å²) in [6.45, 7) is 3.52. The molecule has 2 heterocycles. The van der Waals surface area contributed by atoms with E-state index in [1.165, 1.54) is 17.4 Å². The van der Waals surface area contributed by atoms with Crippen LogP contribution in [0.2, 0.25) is 0 Å². The molecular weight excluding hydrogens is 370 g/mol. The average molecular weight is 385 g/mol. The first-order valence-electron chi connectivity index (χ1n) is 7.64. The van der Waals surface area contributed by atoms with Crippen molar-refractivity contribution in [1.82, 2.24) is 15.2 Å². The van der Waals surface area contributed by atoms with Crippen LogP contribution in [0.4, 0.5) is 10.3 Å². The number of carbonyl (C=O) groups excluding carboxylic acids is 2. The van der Waals surface area contributed by atoms with Gasteiger partial charge in [-0.1, -0.05) is 53.0 Å². The third-order valence-electron chi connectivity index (χ3n) is 3.21. The van der Waals surface area contributed by atoms with Crippen LogP contribution in [0.3, 0.4) is 0 Å². The number of carbonyl (C=O) groups is 2. The second kappa shape index (κ2) is 7.98. The van der Waals surface area contributed by atoms with Gasteiger partial charge in [-0.05, 0) is 25.5 Å². The van der Waals surface area contributed by atoms with Gasteiger partial charge in [-0.25, -0.2) is 4.98 Å². The van der Waals surface area contributed by atoms with Crippen LogP contribution < -0.4 is 10.6 Å². The van der Waals surface area contributed by atoms with Gasteiger partial charge in [0.2, 0.25) is 11.0 Å². The first-order valence-corrected chi connectivity index (χ1v) is 9.27. The van der Waals surface area contributed by atoms with Gasteiger partial charge >= 0.3 is 0 Å². The van der Waals surface area contributed by atoms with Gasteiger partial charge in [0, 0.05) is 6.08 Å². The Bertz CT molecular complexity index is 963. The number of benzene rings is 1. The first-order chi connectivity index (χ1) is 12.5.